The lowest BCUT2D eigenvalue weighted by Crippen LogP contribution is -2.12. The highest BCUT2D eigenvalue weighted by Crippen LogP contribution is 2.13. The number of nitrogens with zero attached hydrogens (tertiary/aromatic N) is 1. The number of nitrogen functional groups attached to an aromatic ring is 1. The van der Waals surface area contributed by atoms with Gasteiger partial charge in [0.25, 0.3) is 0 Å². The maximum absolute atomic E-state index is 5.55. The molecular weight excluding hydrogens is 128 g/mol. The number of anilines is 2. The molecular formula is C6H10N4. The molecule has 0 aliphatic heterocycles. The van der Waals surface area contributed by atoms with Crippen molar-refractivity contribution in [2.24, 2.45) is 5.73 Å². The molecule has 0 unspecified atom stereocenters. The average molecular weight is 138 g/mol. The second-order valence-electron chi connectivity index (χ2n) is 1.84. The zero-order chi connectivity index (χ0) is 7.40. The summed E-state index contributed by atoms with van der Waals surface area (Å²) in [5.41, 5.74) is 12.2. The Morgan fingerprint density at radius 2 is 2.40 bits per heavy atom. The Labute approximate surface area is 59.2 Å². The van der Waals surface area contributed by atoms with E-state index in [-0.39, 0.29) is 0 Å². The van der Waals surface area contributed by atoms with Gasteiger partial charge in [-0.15, -0.1) is 0 Å². The maximum Gasteiger partial charge on any atom is 0.0770 e. The van der Waals surface area contributed by atoms with Gasteiger partial charge in [-0.3, -0.25) is 4.98 Å². The fourth-order valence-corrected chi connectivity index (χ4v) is 0.663. The lowest BCUT2D eigenvalue weighted by molar-refractivity contribution is 1.13. The summed E-state index contributed by atoms with van der Waals surface area (Å²) in [6.07, 6.45) is 3.28. The zero-order valence-corrected chi connectivity index (χ0v) is 5.54. The van der Waals surface area contributed by atoms with Crippen molar-refractivity contribution in [2.45, 2.75) is 0 Å². The van der Waals surface area contributed by atoms with Crippen LogP contribution in [0.3, 0.4) is 0 Å². The third-order valence-corrected chi connectivity index (χ3v) is 1.15. The van der Waals surface area contributed by atoms with Crippen LogP contribution in [0.1, 0.15) is 0 Å². The van der Waals surface area contributed by atoms with Crippen LogP contribution in [-0.2, 0) is 0 Å². The first-order chi connectivity index (χ1) is 4.84. The van der Waals surface area contributed by atoms with Crippen LogP contribution >= 0.6 is 0 Å². The first-order valence-corrected chi connectivity index (χ1v) is 2.98. The fourth-order valence-electron chi connectivity index (χ4n) is 0.663. The standard InChI is InChI=1S/C6H10N4/c7-4-10-6-3-9-2-1-5(6)8/h1-3,10H,4,7H2,(H2,8,9). The van der Waals surface area contributed by atoms with E-state index in [1.165, 1.54) is 0 Å². The fraction of sp³-hybridized carbons (Fsp3) is 0.167. The quantitative estimate of drug-likeness (QED) is 0.502. The lowest BCUT2D eigenvalue weighted by Gasteiger charge is -2.03. The Morgan fingerprint density at radius 1 is 1.60 bits per heavy atom. The van der Waals surface area contributed by atoms with Crippen molar-refractivity contribution in [1.29, 1.82) is 0 Å². The molecule has 0 aliphatic rings. The number of hydrogen-bond donors (Lipinski definition) is 3. The van der Waals surface area contributed by atoms with Gasteiger partial charge >= 0.3 is 0 Å². The van der Waals surface area contributed by atoms with Crippen molar-refractivity contribution in [2.75, 3.05) is 17.7 Å². The van der Waals surface area contributed by atoms with Crippen molar-refractivity contribution >= 4 is 11.4 Å². The number of pyridine rings is 1. The highest BCUT2D eigenvalue weighted by Gasteiger charge is 1.92. The number of hydrogen-bond acceptors (Lipinski definition) is 4. The van der Waals surface area contributed by atoms with Crippen molar-refractivity contribution in [3.8, 4) is 0 Å². The van der Waals surface area contributed by atoms with Crippen LogP contribution in [0, 0.1) is 0 Å². The average Bonchev–Trinajstić information content (AvgIpc) is 1.94. The van der Waals surface area contributed by atoms with Crippen molar-refractivity contribution in [3.63, 3.8) is 0 Å². The van der Waals surface area contributed by atoms with Crippen LogP contribution in [-0.4, -0.2) is 11.7 Å². The van der Waals surface area contributed by atoms with E-state index in [1.54, 1.807) is 18.5 Å². The Kier molecular flexibility index (Phi) is 2.07. The molecule has 0 radical (unpaired) electrons. The molecule has 0 atom stereocenters. The van der Waals surface area contributed by atoms with Crippen LogP contribution in [0.25, 0.3) is 0 Å². The third-order valence-electron chi connectivity index (χ3n) is 1.15. The van der Waals surface area contributed by atoms with Crippen molar-refractivity contribution in [1.82, 2.24) is 4.98 Å². The van der Waals surface area contributed by atoms with Crippen LogP contribution in [0.5, 0.6) is 0 Å². The predicted molar refractivity (Wildman–Crippen MR) is 41.3 cm³/mol. The normalized spacial score (nSPS) is 9.30. The summed E-state index contributed by atoms with van der Waals surface area (Å²) in [5.74, 6) is 0. The molecule has 4 heteroatoms. The number of aromatic nitrogens is 1. The van der Waals surface area contributed by atoms with Gasteiger partial charge in [0.05, 0.1) is 24.2 Å². The van der Waals surface area contributed by atoms with Gasteiger partial charge in [0.15, 0.2) is 0 Å². The summed E-state index contributed by atoms with van der Waals surface area (Å²) in [7, 11) is 0. The predicted octanol–water partition coefficient (Wildman–Crippen LogP) is -0.00810. The largest absolute Gasteiger partial charge is 0.397 e. The number of nitrogens with two attached hydrogens (primary N) is 2. The second kappa shape index (κ2) is 3.03. The van der Waals surface area contributed by atoms with Gasteiger partial charge in [0, 0.05) is 6.20 Å². The molecule has 1 aromatic heterocycles. The summed E-state index contributed by atoms with van der Waals surface area (Å²) >= 11 is 0. The SMILES string of the molecule is NCNc1cnccc1N. The Morgan fingerprint density at radius 3 is 3.00 bits per heavy atom. The van der Waals surface area contributed by atoms with Gasteiger partial charge in [0.2, 0.25) is 0 Å². The van der Waals surface area contributed by atoms with Crippen LogP contribution in [0.2, 0.25) is 0 Å². The van der Waals surface area contributed by atoms with E-state index in [2.05, 4.69) is 10.3 Å². The molecule has 4 nitrogen and oxygen atoms in total. The molecule has 5 N–H and O–H groups in total. The summed E-state index contributed by atoms with van der Waals surface area (Å²) in [6, 6.07) is 1.72. The van der Waals surface area contributed by atoms with Crippen LogP contribution in [0.4, 0.5) is 11.4 Å². The van der Waals surface area contributed by atoms with E-state index in [1.807, 2.05) is 0 Å². The van der Waals surface area contributed by atoms with E-state index in [4.69, 9.17) is 11.5 Å². The first kappa shape index (κ1) is 6.82. The number of rotatable bonds is 2. The van der Waals surface area contributed by atoms with Gasteiger partial charge in [-0.2, -0.15) is 0 Å². The molecule has 0 saturated carbocycles. The van der Waals surface area contributed by atoms with E-state index >= 15 is 0 Å². The minimum Gasteiger partial charge on any atom is -0.397 e. The van der Waals surface area contributed by atoms with Gasteiger partial charge in [-0.25, -0.2) is 0 Å². The smallest absolute Gasteiger partial charge is 0.0770 e. The van der Waals surface area contributed by atoms with E-state index < -0.39 is 0 Å². The molecule has 54 valence electrons. The molecule has 0 aliphatic carbocycles. The topological polar surface area (TPSA) is 77.0 Å². The van der Waals surface area contributed by atoms with Gasteiger partial charge < -0.3 is 16.8 Å². The van der Waals surface area contributed by atoms with E-state index in [0.717, 1.165) is 5.69 Å². The van der Waals surface area contributed by atoms with Gasteiger partial charge in [-0.1, -0.05) is 0 Å². The summed E-state index contributed by atoms with van der Waals surface area (Å²) in [4.78, 5) is 3.87. The molecule has 0 spiro atoms. The molecule has 1 rings (SSSR count). The molecule has 0 saturated heterocycles. The Bertz CT molecular complexity index is 211. The minimum atomic E-state index is 0.371. The first-order valence-electron chi connectivity index (χ1n) is 2.98. The Balaban J connectivity index is 2.81. The zero-order valence-electron chi connectivity index (χ0n) is 5.54. The van der Waals surface area contributed by atoms with Crippen molar-refractivity contribution in [3.05, 3.63) is 18.5 Å². The molecule has 10 heavy (non-hydrogen) atoms. The molecule has 0 bridgehead atoms. The molecule has 1 aromatic rings. The minimum absolute atomic E-state index is 0.371. The number of nitrogens with one attached hydrogen (secondary N) is 1. The summed E-state index contributed by atoms with van der Waals surface area (Å²) < 4.78 is 0. The van der Waals surface area contributed by atoms with Gasteiger partial charge in [0.1, 0.15) is 0 Å². The molecule has 0 amide bonds. The molecule has 1 heterocycles. The van der Waals surface area contributed by atoms with Gasteiger partial charge in [-0.05, 0) is 6.07 Å². The monoisotopic (exact) mass is 138 g/mol. The Hall–Kier alpha value is -1.29. The highest BCUT2D eigenvalue weighted by atomic mass is 15.0. The lowest BCUT2D eigenvalue weighted by atomic mass is 10.3. The maximum atomic E-state index is 5.55. The highest BCUT2D eigenvalue weighted by molar-refractivity contribution is 5.63. The van der Waals surface area contributed by atoms with Crippen LogP contribution in [0.15, 0.2) is 18.5 Å². The second-order valence-corrected chi connectivity index (χ2v) is 1.84. The molecule has 0 fully saturated rings. The van der Waals surface area contributed by atoms with Crippen molar-refractivity contribution < 1.29 is 0 Å². The van der Waals surface area contributed by atoms with Crippen LogP contribution < -0.4 is 16.8 Å². The van der Waals surface area contributed by atoms with E-state index in [0.29, 0.717) is 12.4 Å². The van der Waals surface area contributed by atoms with E-state index in [9.17, 15) is 0 Å². The molecule has 0 aromatic carbocycles. The summed E-state index contributed by atoms with van der Waals surface area (Å²) in [6.45, 7) is 0.371. The summed E-state index contributed by atoms with van der Waals surface area (Å²) in [5, 5.41) is 2.87. The third kappa shape index (κ3) is 1.35.